The van der Waals surface area contributed by atoms with Crippen LogP contribution in [0, 0.1) is 40.9 Å². The number of aliphatic imine (C=N–C) groups is 1. The summed E-state index contributed by atoms with van der Waals surface area (Å²) >= 11 is 0. The monoisotopic (exact) mass is 919 g/mol. The molecule has 11 heteroatoms. The summed E-state index contributed by atoms with van der Waals surface area (Å²) in [6.07, 6.45) is 16.0. The molecule has 11 nitrogen and oxygen atoms in total. The molecule has 364 valence electrons. The Bertz CT molecular complexity index is 2300. The van der Waals surface area contributed by atoms with E-state index in [2.05, 4.69) is 54.6 Å². The smallest absolute Gasteiger partial charge is 0.188 e. The van der Waals surface area contributed by atoms with E-state index in [-0.39, 0.29) is 40.9 Å². The standard InChI is InChI=1S/C56H78N4O7/c1-6-34-22-36-12-11-35(34)23-40(61)9-8-19-59-55(57)60-20-16-44-48(10-7-17-56(44)18-15-33(30-56)31-58-4)66-50-27-37(13-14-45(50)62)54-47(64)28-43-49(67-54)29-51(65-5)53-42-25-39(21-32(2)3)46(63)26-38(42)24-41(36)52(43)53/h11-14,25-27,29,32-36,40-41,44,47-48,54,58,61-64H,6-10,15-24,28,30-31H2,1-5H3,(H3,57,59,60)/t33-,34-,35-,36-,40+,41+,44+,47-,48+,54+,56-/m1/s1. The van der Waals surface area contributed by atoms with E-state index in [4.69, 9.17) is 19.9 Å². The van der Waals surface area contributed by atoms with E-state index in [1.165, 1.54) is 6.42 Å². The van der Waals surface area contributed by atoms with Gasteiger partial charge in [0, 0.05) is 42.6 Å². The summed E-state index contributed by atoms with van der Waals surface area (Å²) in [6.45, 7) is 8.84. The third-order valence-corrected chi connectivity index (χ3v) is 17.0. The number of benzene rings is 3. The van der Waals surface area contributed by atoms with Gasteiger partial charge < -0.3 is 51.0 Å². The van der Waals surface area contributed by atoms with Gasteiger partial charge in [0.1, 0.15) is 29.5 Å². The zero-order chi connectivity index (χ0) is 47.0. The van der Waals surface area contributed by atoms with Gasteiger partial charge >= 0.3 is 0 Å². The molecule has 67 heavy (non-hydrogen) atoms. The molecule has 3 aromatic rings. The largest absolute Gasteiger partial charge is 0.508 e. The molecular formula is C56H78N4O7. The van der Waals surface area contributed by atoms with Gasteiger partial charge in [0.25, 0.3) is 0 Å². The molecule has 0 saturated heterocycles. The van der Waals surface area contributed by atoms with Gasteiger partial charge in [-0.3, -0.25) is 4.99 Å². The number of guanidine groups is 1. The van der Waals surface area contributed by atoms with Crippen LogP contribution in [0.5, 0.6) is 28.7 Å². The Morgan fingerprint density at radius 2 is 1.78 bits per heavy atom. The van der Waals surface area contributed by atoms with E-state index in [0.717, 1.165) is 116 Å². The molecule has 3 aromatic carbocycles. The third-order valence-electron chi connectivity index (χ3n) is 17.0. The van der Waals surface area contributed by atoms with Crippen molar-refractivity contribution in [3.05, 3.63) is 76.4 Å². The van der Waals surface area contributed by atoms with Gasteiger partial charge in [0.2, 0.25) is 0 Å². The van der Waals surface area contributed by atoms with E-state index in [1.807, 2.05) is 31.3 Å². The molecule has 2 fully saturated rings. The summed E-state index contributed by atoms with van der Waals surface area (Å²) in [5.41, 5.74) is 13.6. The predicted octanol–water partition coefficient (Wildman–Crippen LogP) is 9.26. The first-order valence-corrected chi connectivity index (χ1v) is 25.9. The first-order valence-electron chi connectivity index (χ1n) is 25.9. The van der Waals surface area contributed by atoms with Crippen LogP contribution >= 0.6 is 0 Å². The summed E-state index contributed by atoms with van der Waals surface area (Å²) in [5.74, 6) is 4.75. The number of nitrogens with two attached hydrogens (primary N) is 1. The predicted molar refractivity (Wildman–Crippen MR) is 265 cm³/mol. The minimum absolute atomic E-state index is 0.0366. The fourth-order valence-corrected chi connectivity index (χ4v) is 13.9. The number of nitrogens with one attached hydrogen (secondary N) is 2. The van der Waals surface area contributed by atoms with Crippen LogP contribution in [0.15, 0.2) is 53.5 Å². The van der Waals surface area contributed by atoms with Crippen molar-refractivity contribution in [3.63, 3.8) is 0 Å². The average molecular weight is 919 g/mol. The summed E-state index contributed by atoms with van der Waals surface area (Å²) in [7, 11) is 3.76. The number of nitrogens with zero attached hydrogens (tertiary/aromatic N) is 1. The number of fused-ring (bicyclic) bond motifs is 2. The number of phenols is 2. The number of aliphatic hydroxyl groups is 2. The van der Waals surface area contributed by atoms with Crippen molar-refractivity contribution in [2.75, 3.05) is 33.8 Å². The first-order chi connectivity index (χ1) is 32.4. The average Bonchev–Trinajstić information content (AvgIpc) is 3.71. The Hall–Kier alpha value is -4.45. The van der Waals surface area contributed by atoms with Crippen LogP contribution in [-0.4, -0.2) is 78.5 Å². The Labute approximate surface area is 399 Å². The van der Waals surface area contributed by atoms with Crippen molar-refractivity contribution in [3.8, 4) is 39.9 Å². The molecule has 4 aliphatic carbocycles. The van der Waals surface area contributed by atoms with Gasteiger partial charge in [-0.25, -0.2) is 0 Å². The molecule has 2 saturated carbocycles. The molecule has 8 bridgehead atoms. The van der Waals surface area contributed by atoms with Gasteiger partial charge in [-0.05, 0) is 190 Å². The number of rotatable bonds is 6. The molecule has 5 aliphatic heterocycles. The molecule has 8 N–H and O–H groups in total. The molecule has 0 unspecified atom stereocenters. The number of aromatic hydroxyl groups is 2. The highest BCUT2D eigenvalue weighted by atomic mass is 16.5. The number of ether oxygens (including phenoxy) is 3. The minimum Gasteiger partial charge on any atom is -0.508 e. The SMILES string of the molecule is CC[C@@H]1C[C@H]2C=C[C@@H]1C[C@@H](O)CCCN=C(N)NCC[C@H]1[C@H](CCC[C@]13CC[C@@H](CNC)C3)Oc1cc(ccc1O)[C@@H]1Oc3cc(OC)c4c(c3C[C@H]1O)[C@H]2Cc1cc(O)c(CC(C)C)cc1-4. The Morgan fingerprint density at radius 3 is 2.57 bits per heavy atom. The maximum atomic E-state index is 12.3. The lowest BCUT2D eigenvalue weighted by atomic mass is 9.62. The van der Waals surface area contributed by atoms with Gasteiger partial charge in [0.15, 0.2) is 17.5 Å². The van der Waals surface area contributed by atoms with Crippen LogP contribution in [0.1, 0.15) is 138 Å². The van der Waals surface area contributed by atoms with E-state index < -0.39 is 18.3 Å². The van der Waals surface area contributed by atoms with Crippen molar-refractivity contribution in [1.82, 2.24) is 10.6 Å². The molecule has 5 heterocycles. The number of allylic oxidation sites excluding steroid dienone is 2. The topological polar surface area (TPSA) is 171 Å². The molecular weight excluding hydrogens is 841 g/mol. The van der Waals surface area contributed by atoms with Crippen LogP contribution in [0.25, 0.3) is 11.1 Å². The quantitative estimate of drug-likeness (QED) is 0.118. The van der Waals surface area contributed by atoms with Gasteiger partial charge in [-0.2, -0.15) is 0 Å². The highest BCUT2D eigenvalue weighted by Crippen LogP contribution is 2.58. The van der Waals surface area contributed by atoms with Crippen LogP contribution < -0.4 is 30.6 Å². The zero-order valence-electron chi connectivity index (χ0n) is 40.7. The molecule has 11 atom stereocenters. The second-order valence-corrected chi connectivity index (χ2v) is 21.7. The van der Waals surface area contributed by atoms with E-state index in [0.29, 0.717) is 79.1 Å². The summed E-state index contributed by atoms with van der Waals surface area (Å²) in [5, 5.41) is 53.5. The molecule has 1 spiro atoms. The number of methoxy groups -OCH3 is 1. The summed E-state index contributed by atoms with van der Waals surface area (Å²) < 4.78 is 20.3. The molecule has 0 radical (unpaired) electrons. The second kappa shape index (κ2) is 20.3. The lowest BCUT2D eigenvalue weighted by Gasteiger charge is -2.46. The van der Waals surface area contributed by atoms with E-state index in [9.17, 15) is 20.4 Å². The van der Waals surface area contributed by atoms with E-state index in [1.54, 1.807) is 13.2 Å². The number of hydrogen-bond donors (Lipinski definition) is 7. The van der Waals surface area contributed by atoms with Crippen molar-refractivity contribution in [1.29, 1.82) is 0 Å². The summed E-state index contributed by atoms with van der Waals surface area (Å²) in [6, 6.07) is 11.6. The maximum absolute atomic E-state index is 12.3. The van der Waals surface area contributed by atoms with Gasteiger partial charge in [-0.15, -0.1) is 0 Å². The van der Waals surface area contributed by atoms with Crippen LogP contribution in [0.4, 0.5) is 0 Å². The Kier molecular flexibility index (Phi) is 14.4. The Morgan fingerprint density at radius 1 is 0.940 bits per heavy atom. The highest BCUT2D eigenvalue weighted by molar-refractivity contribution is 5.84. The van der Waals surface area contributed by atoms with Crippen molar-refractivity contribution in [2.45, 2.75) is 147 Å². The normalized spacial score (nSPS) is 31.9. The first kappa shape index (κ1) is 47.6. The molecule has 0 aromatic heterocycles. The molecule has 9 aliphatic rings. The van der Waals surface area contributed by atoms with Crippen LogP contribution in [0.3, 0.4) is 0 Å². The van der Waals surface area contributed by atoms with Crippen molar-refractivity contribution >= 4 is 5.96 Å². The maximum Gasteiger partial charge on any atom is 0.188 e. The van der Waals surface area contributed by atoms with Crippen molar-refractivity contribution < 1.29 is 34.6 Å². The number of aliphatic hydroxyl groups excluding tert-OH is 2. The fourth-order valence-electron chi connectivity index (χ4n) is 13.9. The second-order valence-electron chi connectivity index (χ2n) is 21.7. The van der Waals surface area contributed by atoms with E-state index >= 15 is 0 Å². The summed E-state index contributed by atoms with van der Waals surface area (Å²) in [4.78, 5) is 4.69. The lowest BCUT2D eigenvalue weighted by molar-refractivity contribution is -0.0176. The third kappa shape index (κ3) is 9.76. The van der Waals surface area contributed by atoms with Crippen LogP contribution in [0.2, 0.25) is 0 Å². The molecule has 12 rings (SSSR count). The van der Waals surface area contributed by atoms with Gasteiger partial charge in [0.05, 0.1) is 19.3 Å². The lowest BCUT2D eigenvalue weighted by Crippen LogP contribution is -2.46. The molecule has 0 amide bonds. The minimum atomic E-state index is -0.873. The zero-order valence-corrected chi connectivity index (χ0v) is 40.7. The highest BCUT2D eigenvalue weighted by Gasteiger charge is 2.50. The van der Waals surface area contributed by atoms with Gasteiger partial charge in [-0.1, -0.05) is 45.4 Å². The van der Waals surface area contributed by atoms with Crippen LogP contribution in [-0.2, 0) is 19.3 Å². The Balaban J connectivity index is 1.12. The van der Waals surface area contributed by atoms with Crippen molar-refractivity contribution in [2.24, 2.45) is 51.6 Å². The fraction of sp³-hybridized carbons (Fsp3) is 0.625. The number of phenolic OH excluding ortho intramolecular Hbond substituents is 2. The number of hydrogen-bond acceptors (Lipinski definition) is 11.